The second-order valence-corrected chi connectivity index (χ2v) is 6.14. The number of fused-ring (bicyclic) bond motifs is 1. The van der Waals surface area contributed by atoms with Gasteiger partial charge in [0, 0.05) is 25.2 Å². The van der Waals surface area contributed by atoms with Crippen LogP contribution >= 0.6 is 0 Å². The average molecular weight is 233 g/mol. The molecule has 3 rings (SSSR count). The highest BCUT2D eigenvalue weighted by atomic mass is 15.1. The Bertz CT molecular complexity index is 400. The first-order valence-corrected chi connectivity index (χ1v) is 6.96. The van der Waals surface area contributed by atoms with Gasteiger partial charge >= 0.3 is 0 Å². The first-order chi connectivity index (χ1) is 8.17. The van der Waals surface area contributed by atoms with Crippen molar-refractivity contribution in [1.29, 1.82) is 0 Å². The molecule has 3 heteroatoms. The third-order valence-electron chi connectivity index (χ3n) is 4.40. The van der Waals surface area contributed by atoms with Gasteiger partial charge in [-0.3, -0.25) is 0 Å². The molecule has 17 heavy (non-hydrogen) atoms. The normalized spacial score (nSPS) is 23.9. The lowest BCUT2D eigenvalue weighted by Gasteiger charge is -2.31. The zero-order chi connectivity index (χ0) is 11.9. The fourth-order valence-corrected chi connectivity index (χ4v) is 3.40. The standard InChI is InChI=1S/C14H23N3/c1-14(2)13-12(7-8-16-14)17(10-15-13)9-11-5-3-4-6-11/h10-11,16H,3-9H2,1-2H3. The molecule has 1 saturated carbocycles. The van der Waals surface area contributed by atoms with Gasteiger partial charge in [0.25, 0.3) is 0 Å². The van der Waals surface area contributed by atoms with Crippen LogP contribution in [-0.2, 0) is 18.5 Å². The molecule has 0 atom stereocenters. The van der Waals surface area contributed by atoms with Crippen molar-refractivity contribution in [2.75, 3.05) is 6.54 Å². The first-order valence-electron chi connectivity index (χ1n) is 6.96. The lowest BCUT2D eigenvalue weighted by Crippen LogP contribution is -2.43. The minimum Gasteiger partial charge on any atom is -0.334 e. The molecule has 1 N–H and O–H groups in total. The molecule has 3 nitrogen and oxygen atoms in total. The highest BCUT2D eigenvalue weighted by Crippen LogP contribution is 2.30. The minimum absolute atomic E-state index is 0.0501. The maximum Gasteiger partial charge on any atom is 0.0952 e. The van der Waals surface area contributed by atoms with Crippen LogP contribution in [0, 0.1) is 5.92 Å². The zero-order valence-corrected chi connectivity index (χ0v) is 11.0. The molecule has 1 aromatic rings. The zero-order valence-electron chi connectivity index (χ0n) is 11.0. The molecular weight excluding hydrogens is 210 g/mol. The predicted octanol–water partition coefficient (Wildman–Crippen LogP) is 2.45. The average Bonchev–Trinajstić information content (AvgIpc) is 2.89. The van der Waals surface area contributed by atoms with Crippen molar-refractivity contribution in [3.8, 4) is 0 Å². The fraction of sp³-hybridized carbons (Fsp3) is 0.786. The number of imidazole rings is 1. The van der Waals surface area contributed by atoms with Crippen molar-refractivity contribution < 1.29 is 0 Å². The third-order valence-corrected chi connectivity index (χ3v) is 4.40. The SMILES string of the molecule is CC1(C)NCCc2c1ncn2CC1CCCC1. The Hall–Kier alpha value is -0.830. The van der Waals surface area contributed by atoms with Gasteiger partial charge in [-0.15, -0.1) is 0 Å². The lowest BCUT2D eigenvalue weighted by molar-refractivity contribution is 0.361. The third kappa shape index (κ3) is 2.01. The number of nitrogens with zero attached hydrogens (tertiary/aromatic N) is 2. The smallest absolute Gasteiger partial charge is 0.0952 e. The van der Waals surface area contributed by atoms with Crippen LogP contribution in [0.2, 0.25) is 0 Å². The van der Waals surface area contributed by atoms with E-state index in [0.29, 0.717) is 0 Å². The molecule has 0 unspecified atom stereocenters. The fourth-order valence-electron chi connectivity index (χ4n) is 3.40. The van der Waals surface area contributed by atoms with Gasteiger partial charge < -0.3 is 9.88 Å². The van der Waals surface area contributed by atoms with Crippen molar-refractivity contribution in [3.05, 3.63) is 17.7 Å². The highest BCUT2D eigenvalue weighted by Gasteiger charge is 2.31. The van der Waals surface area contributed by atoms with E-state index in [1.54, 1.807) is 0 Å². The Morgan fingerprint density at radius 1 is 1.41 bits per heavy atom. The molecule has 1 aliphatic heterocycles. The topological polar surface area (TPSA) is 29.9 Å². The van der Waals surface area contributed by atoms with Gasteiger partial charge in [0.05, 0.1) is 17.6 Å². The van der Waals surface area contributed by atoms with Crippen LogP contribution in [-0.4, -0.2) is 16.1 Å². The van der Waals surface area contributed by atoms with E-state index in [4.69, 9.17) is 0 Å². The largest absolute Gasteiger partial charge is 0.334 e. The second kappa shape index (κ2) is 4.13. The number of rotatable bonds is 2. The number of nitrogens with one attached hydrogen (secondary N) is 1. The summed E-state index contributed by atoms with van der Waals surface area (Å²) in [7, 11) is 0. The molecule has 0 spiro atoms. The van der Waals surface area contributed by atoms with E-state index in [1.807, 2.05) is 0 Å². The predicted molar refractivity (Wildman–Crippen MR) is 68.9 cm³/mol. The summed E-state index contributed by atoms with van der Waals surface area (Å²) in [5.41, 5.74) is 2.79. The summed E-state index contributed by atoms with van der Waals surface area (Å²) in [6, 6.07) is 0. The van der Waals surface area contributed by atoms with Crippen molar-refractivity contribution in [2.24, 2.45) is 5.92 Å². The van der Waals surface area contributed by atoms with Crippen LogP contribution in [0.4, 0.5) is 0 Å². The molecular formula is C14H23N3. The molecule has 2 aliphatic rings. The molecule has 1 aromatic heterocycles. The molecule has 1 fully saturated rings. The molecule has 0 saturated heterocycles. The first kappa shape index (κ1) is 11.3. The van der Waals surface area contributed by atoms with Crippen molar-refractivity contribution in [3.63, 3.8) is 0 Å². The molecule has 0 bridgehead atoms. The lowest BCUT2D eigenvalue weighted by atomic mass is 9.93. The highest BCUT2D eigenvalue weighted by molar-refractivity contribution is 5.24. The van der Waals surface area contributed by atoms with Crippen LogP contribution in [0.1, 0.15) is 50.9 Å². The van der Waals surface area contributed by atoms with Gasteiger partial charge in [0.1, 0.15) is 0 Å². The Labute approximate surface area is 104 Å². The van der Waals surface area contributed by atoms with E-state index in [2.05, 4.69) is 35.0 Å². The summed E-state index contributed by atoms with van der Waals surface area (Å²) in [5.74, 6) is 0.895. The van der Waals surface area contributed by atoms with Crippen LogP contribution < -0.4 is 5.32 Å². The van der Waals surface area contributed by atoms with Gasteiger partial charge in [0.15, 0.2) is 0 Å². The van der Waals surface area contributed by atoms with Crippen LogP contribution in [0.15, 0.2) is 6.33 Å². The summed E-state index contributed by atoms with van der Waals surface area (Å²) in [4.78, 5) is 4.65. The van der Waals surface area contributed by atoms with Crippen molar-refractivity contribution >= 4 is 0 Å². The maximum atomic E-state index is 4.65. The van der Waals surface area contributed by atoms with Crippen LogP contribution in [0.3, 0.4) is 0 Å². The summed E-state index contributed by atoms with van der Waals surface area (Å²) < 4.78 is 2.42. The molecule has 0 radical (unpaired) electrons. The van der Waals surface area contributed by atoms with E-state index in [9.17, 15) is 0 Å². The maximum absolute atomic E-state index is 4.65. The van der Waals surface area contributed by atoms with E-state index < -0.39 is 0 Å². The van der Waals surface area contributed by atoms with Gasteiger partial charge in [-0.05, 0) is 32.6 Å². The van der Waals surface area contributed by atoms with Gasteiger partial charge in [-0.2, -0.15) is 0 Å². The molecule has 0 aromatic carbocycles. The van der Waals surface area contributed by atoms with Crippen LogP contribution in [0.25, 0.3) is 0 Å². The van der Waals surface area contributed by atoms with Gasteiger partial charge in [-0.25, -0.2) is 4.98 Å². The van der Waals surface area contributed by atoms with E-state index in [1.165, 1.54) is 43.6 Å². The molecule has 94 valence electrons. The van der Waals surface area contributed by atoms with Crippen molar-refractivity contribution in [1.82, 2.24) is 14.9 Å². The Kier molecular flexibility index (Phi) is 2.74. The quantitative estimate of drug-likeness (QED) is 0.850. The van der Waals surface area contributed by atoms with Gasteiger partial charge in [-0.1, -0.05) is 12.8 Å². The Balaban J connectivity index is 1.84. The molecule has 0 amide bonds. The van der Waals surface area contributed by atoms with E-state index in [-0.39, 0.29) is 5.54 Å². The Morgan fingerprint density at radius 3 is 2.94 bits per heavy atom. The second-order valence-electron chi connectivity index (χ2n) is 6.14. The number of hydrogen-bond donors (Lipinski definition) is 1. The Morgan fingerprint density at radius 2 is 2.18 bits per heavy atom. The monoisotopic (exact) mass is 233 g/mol. The number of hydrogen-bond acceptors (Lipinski definition) is 2. The van der Waals surface area contributed by atoms with E-state index in [0.717, 1.165) is 18.9 Å². The minimum atomic E-state index is 0.0501. The summed E-state index contributed by atoms with van der Waals surface area (Å²) in [6.07, 6.45) is 8.87. The summed E-state index contributed by atoms with van der Waals surface area (Å²) >= 11 is 0. The van der Waals surface area contributed by atoms with E-state index >= 15 is 0 Å². The van der Waals surface area contributed by atoms with Gasteiger partial charge in [0.2, 0.25) is 0 Å². The summed E-state index contributed by atoms with van der Waals surface area (Å²) in [5, 5.41) is 3.55. The molecule has 2 heterocycles. The summed E-state index contributed by atoms with van der Waals surface area (Å²) in [6.45, 7) is 6.74. The molecule has 1 aliphatic carbocycles. The van der Waals surface area contributed by atoms with Crippen LogP contribution in [0.5, 0.6) is 0 Å². The van der Waals surface area contributed by atoms with Crippen molar-refractivity contribution in [2.45, 2.75) is 58.0 Å². The number of aromatic nitrogens is 2.